The van der Waals surface area contributed by atoms with Crippen LogP contribution < -0.4 is 16.5 Å². The second kappa shape index (κ2) is 5.32. The first-order valence-electron chi connectivity index (χ1n) is 6.85. The summed E-state index contributed by atoms with van der Waals surface area (Å²) in [4.78, 5) is 12.1. The van der Waals surface area contributed by atoms with Crippen LogP contribution in [0.1, 0.15) is 6.92 Å². The van der Waals surface area contributed by atoms with Crippen molar-refractivity contribution in [3.63, 3.8) is 0 Å². The zero-order valence-electron chi connectivity index (χ0n) is 11.7. The Kier molecular flexibility index (Phi) is 3.36. The lowest BCUT2D eigenvalue weighted by Gasteiger charge is -2.09. The predicted octanol–water partition coefficient (Wildman–Crippen LogP) is 3.47. The highest BCUT2D eigenvalue weighted by atomic mass is 16.3. The third-order valence-corrected chi connectivity index (χ3v) is 3.34. The zero-order chi connectivity index (χ0) is 14.8. The number of hydrogen-bond acceptors (Lipinski definition) is 4. The standard InChI is InChI=1S/C17H16N2O2/c1-2-19-14-8-7-11(9-13(14)18)17-10-15(20)12-5-3-4-6-16(12)21-17/h3-10,19H,2,18H2,1H3. The Balaban J connectivity index is 2.12. The average Bonchev–Trinajstić information content (AvgIpc) is 2.49. The van der Waals surface area contributed by atoms with Crippen molar-refractivity contribution in [2.24, 2.45) is 0 Å². The lowest BCUT2D eigenvalue weighted by atomic mass is 10.1. The largest absolute Gasteiger partial charge is 0.456 e. The molecule has 0 fully saturated rings. The highest BCUT2D eigenvalue weighted by Gasteiger charge is 2.08. The van der Waals surface area contributed by atoms with Gasteiger partial charge in [0.2, 0.25) is 0 Å². The molecule has 21 heavy (non-hydrogen) atoms. The molecular weight excluding hydrogens is 264 g/mol. The molecule has 0 aliphatic rings. The first-order valence-corrected chi connectivity index (χ1v) is 6.85. The molecule has 0 amide bonds. The molecule has 3 aromatic rings. The summed E-state index contributed by atoms with van der Waals surface area (Å²) in [6, 6.07) is 14.3. The maximum absolute atomic E-state index is 12.1. The van der Waals surface area contributed by atoms with Crippen LogP contribution in [0.4, 0.5) is 11.4 Å². The zero-order valence-corrected chi connectivity index (χ0v) is 11.7. The number of anilines is 2. The van der Waals surface area contributed by atoms with E-state index >= 15 is 0 Å². The van der Waals surface area contributed by atoms with Crippen LogP contribution in [0, 0.1) is 0 Å². The Hall–Kier alpha value is -2.75. The van der Waals surface area contributed by atoms with Crippen LogP contribution in [0.3, 0.4) is 0 Å². The Morgan fingerprint density at radius 1 is 1.14 bits per heavy atom. The van der Waals surface area contributed by atoms with E-state index in [9.17, 15) is 4.79 Å². The fourth-order valence-electron chi connectivity index (χ4n) is 2.31. The van der Waals surface area contributed by atoms with Gasteiger partial charge in [0.25, 0.3) is 0 Å². The molecule has 3 N–H and O–H groups in total. The van der Waals surface area contributed by atoms with Gasteiger partial charge in [-0.05, 0) is 37.3 Å². The van der Waals surface area contributed by atoms with Crippen molar-refractivity contribution >= 4 is 22.3 Å². The molecular formula is C17H16N2O2. The van der Waals surface area contributed by atoms with Crippen molar-refractivity contribution in [3.8, 4) is 11.3 Å². The molecule has 0 aliphatic carbocycles. The van der Waals surface area contributed by atoms with Crippen LogP contribution in [-0.2, 0) is 0 Å². The number of rotatable bonds is 3. The summed E-state index contributed by atoms with van der Waals surface area (Å²) in [5.41, 5.74) is 8.83. The quantitative estimate of drug-likeness (QED) is 0.721. The summed E-state index contributed by atoms with van der Waals surface area (Å²) < 4.78 is 5.81. The van der Waals surface area contributed by atoms with Gasteiger partial charge in [-0.1, -0.05) is 12.1 Å². The average molecular weight is 280 g/mol. The second-order valence-electron chi connectivity index (χ2n) is 4.80. The van der Waals surface area contributed by atoms with Crippen molar-refractivity contribution < 1.29 is 4.42 Å². The number of nitrogens with one attached hydrogen (secondary N) is 1. The first-order chi connectivity index (χ1) is 10.2. The number of nitrogens with two attached hydrogens (primary N) is 1. The third kappa shape index (κ3) is 2.48. The van der Waals surface area contributed by atoms with Gasteiger partial charge in [-0.15, -0.1) is 0 Å². The molecule has 4 nitrogen and oxygen atoms in total. The Morgan fingerprint density at radius 3 is 2.71 bits per heavy atom. The van der Waals surface area contributed by atoms with Gasteiger partial charge >= 0.3 is 0 Å². The molecule has 1 aromatic heterocycles. The van der Waals surface area contributed by atoms with Crippen molar-refractivity contribution in [1.82, 2.24) is 0 Å². The van der Waals surface area contributed by atoms with Gasteiger partial charge in [-0.25, -0.2) is 0 Å². The molecule has 1 heterocycles. The fraction of sp³-hybridized carbons (Fsp3) is 0.118. The molecule has 0 saturated heterocycles. The van der Waals surface area contributed by atoms with Crippen LogP contribution in [0.5, 0.6) is 0 Å². The lowest BCUT2D eigenvalue weighted by Crippen LogP contribution is -2.02. The van der Waals surface area contributed by atoms with Gasteiger partial charge in [0.15, 0.2) is 5.43 Å². The van der Waals surface area contributed by atoms with Gasteiger partial charge in [0, 0.05) is 18.2 Å². The van der Waals surface area contributed by atoms with Gasteiger partial charge in [-0.2, -0.15) is 0 Å². The number of hydrogen-bond donors (Lipinski definition) is 2. The highest BCUT2D eigenvalue weighted by Crippen LogP contribution is 2.27. The second-order valence-corrected chi connectivity index (χ2v) is 4.80. The predicted molar refractivity (Wildman–Crippen MR) is 86.5 cm³/mol. The van der Waals surface area contributed by atoms with E-state index in [-0.39, 0.29) is 5.43 Å². The maximum atomic E-state index is 12.1. The topological polar surface area (TPSA) is 68.3 Å². The number of benzene rings is 2. The fourth-order valence-corrected chi connectivity index (χ4v) is 2.31. The smallest absolute Gasteiger partial charge is 0.193 e. The first kappa shape index (κ1) is 13.2. The minimum Gasteiger partial charge on any atom is -0.456 e. The molecule has 0 radical (unpaired) electrons. The van der Waals surface area contributed by atoms with Crippen LogP contribution >= 0.6 is 0 Å². The summed E-state index contributed by atoms with van der Waals surface area (Å²) in [6.07, 6.45) is 0. The van der Waals surface area contributed by atoms with Gasteiger partial charge < -0.3 is 15.5 Å². The summed E-state index contributed by atoms with van der Waals surface area (Å²) in [5.74, 6) is 0.522. The van der Waals surface area contributed by atoms with Crippen molar-refractivity contribution in [3.05, 3.63) is 58.8 Å². The number of nitrogen functional groups attached to an aromatic ring is 1. The van der Waals surface area contributed by atoms with E-state index in [1.54, 1.807) is 12.1 Å². The van der Waals surface area contributed by atoms with Gasteiger partial charge in [0.05, 0.1) is 16.8 Å². The van der Waals surface area contributed by atoms with Crippen LogP contribution in [0.2, 0.25) is 0 Å². The van der Waals surface area contributed by atoms with E-state index in [1.807, 2.05) is 37.3 Å². The number of fused-ring (bicyclic) bond motifs is 1. The number of para-hydroxylation sites is 1. The van der Waals surface area contributed by atoms with E-state index < -0.39 is 0 Å². The molecule has 0 aliphatic heterocycles. The maximum Gasteiger partial charge on any atom is 0.193 e. The minimum absolute atomic E-state index is 0.0545. The molecule has 2 aromatic carbocycles. The summed E-state index contributed by atoms with van der Waals surface area (Å²) in [5, 5.41) is 3.76. The van der Waals surface area contributed by atoms with E-state index in [0.717, 1.165) is 17.8 Å². The summed E-state index contributed by atoms with van der Waals surface area (Å²) in [6.45, 7) is 2.81. The van der Waals surface area contributed by atoms with E-state index in [4.69, 9.17) is 10.2 Å². The van der Waals surface area contributed by atoms with Crippen molar-refractivity contribution in [1.29, 1.82) is 0 Å². The van der Waals surface area contributed by atoms with Crippen LogP contribution in [0.15, 0.2) is 57.7 Å². The van der Waals surface area contributed by atoms with E-state index in [0.29, 0.717) is 22.4 Å². The van der Waals surface area contributed by atoms with Gasteiger partial charge in [-0.3, -0.25) is 4.79 Å². The molecule has 106 valence electrons. The van der Waals surface area contributed by atoms with Gasteiger partial charge in [0.1, 0.15) is 11.3 Å². The SMILES string of the molecule is CCNc1ccc(-c2cc(=O)c3ccccc3o2)cc1N. The molecule has 0 saturated carbocycles. The Labute approximate surface area is 122 Å². The Morgan fingerprint density at radius 2 is 1.95 bits per heavy atom. The summed E-state index contributed by atoms with van der Waals surface area (Å²) >= 11 is 0. The highest BCUT2D eigenvalue weighted by molar-refractivity contribution is 5.80. The normalized spacial score (nSPS) is 10.7. The third-order valence-electron chi connectivity index (χ3n) is 3.34. The van der Waals surface area contributed by atoms with Crippen LogP contribution in [0.25, 0.3) is 22.3 Å². The monoisotopic (exact) mass is 280 g/mol. The van der Waals surface area contributed by atoms with E-state index in [2.05, 4.69) is 5.32 Å². The molecule has 0 bridgehead atoms. The molecule has 0 atom stereocenters. The minimum atomic E-state index is -0.0545. The molecule has 3 rings (SSSR count). The molecule has 0 unspecified atom stereocenters. The van der Waals surface area contributed by atoms with Crippen molar-refractivity contribution in [2.75, 3.05) is 17.6 Å². The van der Waals surface area contributed by atoms with Crippen molar-refractivity contribution in [2.45, 2.75) is 6.92 Å². The van der Waals surface area contributed by atoms with Crippen LogP contribution in [-0.4, -0.2) is 6.54 Å². The lowest BCUT2D eigenvalue weighted by molar-refractivity contribution is 0.619. The molecule has 4 heteroatoms. The summed E-state index contributed by atoms with van der Waals surface area (Å²) in [7, 11) is 0. The van der Waals surface area contributed by atoms with E-state index in [1.165, 1.54) is 6.07 Å². The molecule has 0 spiro atoms. The Bertz CT molecular complexity index is 853.